The molecule has 2 heterocycles. The minimum Gasteiger partial charge on any atom is -0.378 e. The van der Waals surface area contributed by atoms with Crippen LogP contribution in [0.4, 0.5) is 0 Å². The van der Waals surface area contributed by atoms with Gasteiger partial charge in [0.15, 0.2) is 0 Å². The van der Waals surface area contributed by atoms with Crippen molar-refractivity contribution in [3.63, 3.8) is 0 Å². The molecule has 0 aromatic carbocycles. The molecule has 0 amide bonds. The van der Waals surface area contributed by atoms with Crippen LogP contribution >= 0.6 is 0 Å². The average Bonchev–Trinajstić information content (AvgIpc) is 2.78. The maximum atomic E-state index is 5.56. The van der Waals surface area contributed by atoms with E-state index in [2.05, 4.69) is 24.5 Å². The lowest BCUT2D eigenvalue weighted by atomic mass is 10.00. The molecule has 3 heteroatoms. The van der Waals surface area contributed by atoms with Gasteiger partial charge in [-0.25, -0.2) is 0 Å². The molecule has 0 saturated carbocycles. The van der Waals surface area contributed by atoms with Gasteiger partial charge < -0.3 is 15.4 Å². The van der Waals surface area contributed by atoms with Gasteiger partial charge in [0.1, 0.15) is 0 Å². The molecule has 0 aromatic rings. The first kappa shape index (κ1) is 11.4. The maximum absolute atomic E-state index is 5.56. The summed E-state index contributed by atoms with van der Waals surface area (Å²) in [4.78, 5) is 0. The second-order valence-corrected chi connectivity index (χ2v) is 5.07. The maximum Gasteiger partial charge on any atom is 0.0588 e. The summed E-state index contributed by atoms with van der Waals surface area (Å²) in [5.74, 6) is 1.55. The molecule has 0 aromatic heterocycles. The van der Waals surface area contributed by atoms with Gasteiger partial charge in [-0.05, 0) is 51.6 Å². The molecule has 4 atom stereocenters. The molecule has 88 valence electrons. The summed E-state index contributed by atoms with van der Waals surface area (Å²) in [6.45, 7) is 8.92. The van der Waals surface area contributed by atoms with Gasteiger partial charge in [-0.1, -0.05) is 0 Å². The van der Waals surface area contributed by atoms with Gasteiger partial charge in [-0.3, -0.25) is 0 Å². The van der Waals surface area contributed by atoms with Crippen LogP contribution in [0, 0.1) is 11.8 Å². The Kier molecular flexibility index (Phi) is 4.00. The van der Waals surface area contributed by atoms with Crippen LogP contribution in [0.1, 0.15) is 26.7 Å². The van der Waals surface area contributed by atoms with Crippen LogP contribution < -0.4 is 10.6 Å². The van der Waals surface area contributed by atoms with E-state index in [4.69, 9.17) is 4.74 Å². The third kappa shape index (κ3) is 2.92. The van der Waals surface area contributed by atoms with E-state index in [-0.39, 0.29) is 0 Å². The lowest BCUT2D eigenvalue weighted by Crippen LogP contribution is -2.34. The minimum absolute atomic E-state index is 0.455. The van der Waals surface area contributed by atoms with Crippen LogP contribution in [-0.2, 0) is 4.74 Å². The van der Waals surface area contributed by atoms with E-state index in [0.717, 1.165) is 31.5 Å². The Morgan fingerprint density at radius 1 is 1.20 bits per heavy atom. The summed E-state index contributed by atoms with van der Waals surface area (Å²) in [6, 6.07) is 0.690. The minimum atomic E-state index is 0.455. The van der Waals surface area contributed by atoms with E-state index in [1.807, 2.05) is 0 Å². The zero-order valence-electron chi connectivity index (χ0n) is 9.96. The molecule has 2 N–H and O–H groups in total. The Morgan fingerprint density at radius 2 is 2.00 bits per heavy atom. The monoisotopic (exact) mass is 212 g/mol. The van der Waals surface area contributed by atoms with Crippen molar-refractivity contribution in [3.8, 4) is 0 Å². The molecule has 2 aliphatic rings. The van der Waals surface area contributed by atoms with E-state index >= 15 is 0 Å². The van der Waals surface area contributed by atoms with Crippen LogP contribution in [-0.4, -0.2) is 38.4 Å². The number of ether oxygens (including phenoxy) is 1. The fraction of sp³-hybridized carbons (Fsp3) is 1.00. The third-order valence-corrected chi connectivity index (χ3v) is 4.03. The molecule has 0 bridgehead atoms. The molecule has 0 spiro atoms. The van der Waals surface area contributed by atoms with Crippen molar-refractivity contribution in [1.29, 1.82) is 0 Å². The Morgan fingerprint density at radius 3 is 2.60 bits per heavy atom. The molecule has 2 saturated heterocycles. The predicted octanol–water partition coefficient (Wildman–Crippen LogP) is 0.999. The summed E-state index contributed by atoms with van der Waals surface area (Å²) in [7, 11) is 0. The molecule has 3 nitrogen and oxygen atoms in total. The van der Waals surface area contributed by atoms with E-state index in [1.165, 1.54) is 19.4 Å². The molecule has 2 fully saturated rings. The van der Waals surface area contributed by atoms with Crippen LogP contribution in [0.25, 0.3) is 0 Å². The molecule has 2 aliphatic heterocycles. The first-order valence-corrected chi connectivity index (χ1v) is 6.33. The zero-order chi connectivity index (χ0) is 10.7. The summed E-state index contributed by atoms with van der Waals surface area (Å²) >= 11 is 0. The predicted molar refractivity (Wildman–Crippen MR) is 62.0 cm³/mol. The average molecular weight is 212 g/mol. The first-order valence-electron chi connectivity index (χ1n) is 6.33. The van der Waals surface area contributed by atoms with Gasteiger partial charge in [0.05, 0.1) is 6.10 Å². The summed E-state index contributed by atoms with van der Waals surface area (Å²) in [5, 5.41) is 7.10. The normalized spacial score (nSPS) is 41.2. The van der Waals surface area contributed by atoms with Gasteiger partial charge >= 0.3 is 0 Å². The highest BCUT2D eigenvalue weighted by Gasteiger charge is 2.25. The van der Waals surface area contributed by atoms with Crippen LogP contribution in [0.2, 0.25) is 0 Å². The van der Waals surface area contributed by atoms with E-state index in [9.17, 15) is 0 Å². The zero-order valence-corrected chi connectivity index (χ0v) is 9.96. The SMILES string of the molecule is CC1NCCC1CNCC1CCOC1C. The topological polar surface area (TPSA) is 33.3 Å². The van der Waals surface area contributed by atoms with Gasteiger partial charge in [0.25, 0.3) is 0 Å². The number of rotatable bonds is 4. The van der Waals surface area contributed by atoms with E-state index in [0.29, 0.717) is 12.1 Å². The fourth-order valence-electron chi connectivity index (χ4n) is 2.69. The highest BCUT2D eigenvalue weighted by molar-refractivity contribution is 4.82. The Balaban J connectivity index is 1.62. The smallest absolute Gasteiger partial charge is 0.0588 e. The third-order valence-electron chi connectivity index (χ3n) is 4.03. The summed E-state index contributed by atoms with van der Waals surface area (Å²) in [5.41, 5.74) is 0. The highest BCUT2D eigenvalue weighted by Crippen LogP contribution is 2.20. The standard InChI is InChI=1S/C12H24N2O/c1-9-11(3-5-14-9)7-13-8-12-4-6-15-10(12)2/h9-14H,3-8H2,1-2H3. The van der Waals surface area contributed by atoms with Gasteiger partial charge in [0.2, 0.25) is 0 Å². The molecule has 0 aliphatic carbocycles. The Labute approximate surface area is 93.0 Å². The van der Waals surface area contributed by atoms with Crippen molar-refractivity contribution in [3.05, 3.63) is 0 Å². The van der Waals surface area contributed by atoms with Gasteiger partial charge in [0, 0.05) is 19.2 Å². The Bertz CT molecular complexity index is 178. The van der Waals surface area contributed by atoms with Crippen molar-refractivity contribution in [2.75, 3.05) is 26.2 Å². The fourth-order valence-corrected chi connectivity index (χ4v) is 2.69. The van der Waals surface area contributed by atoms with Crippen molar-refractivity contribution in [2.45, 2.75) is 38.8 Å². The number of hydrogen-bond donors (Lipinski definition) is 2. The van der Waals surface area contributed by atoms with Crippen molar-refractivity contribution >= 4 is 0 Å². The van der Waals surface area contributed by atoms with Crippen molar-refractivity contribution < 1.29 is 4.74 Å². The summed E-state index contributed by atoms with van der Waals surface area (Å²) < 4.78 is 5.56. The molecule has 2 rings (SSSR count). The second-order valence-electron chi connectivity index (χ2n) is 5.07. The number of hydrogen-bond acceptors (Lipinski definition) is 3. The van der Waals surface area contributed by atoms with Crippen molar-refractivity contribution in [1.82, 2.24) is 10.6 Å². The molecule has 15 heavy (non-hydrogen) atoms. The lowest BCUT2D eigenvalue weighted by molar-refractivity contribution is 0.105. The largest absolute Gasteiger partial charge is 0.378 e. The van der Waals surface area contributed by atoms with Gasteiger partial charge in [-0.2, -0.15) is 0 Å². The molecule has 4 unspecified atom stereocenters. The summed E-state index contributed by atoms with van der Waals surface area (Å²) in [6.07, 6.45) is 3.01. The second kappa shape index (κ2) is 5.28. The van der Waals surface area contributed by atoms with E-state index in [1.54, 1.807) is 0 Å². The van der Waals surface area contributed by atoms with Gasteiger partial charge in [-0.15, -0.1) is 0 Å². The molecular formula is C12H24N2O. The lowest BCUT2D eigenvalue weighted by Gasteiger charge is -2.19. The highest BCUT2D eigenvalue weighted by atomic mass is 16.5. The first-order chi connectivity index (χ1) is 7.27. The molecule has 0 radical (unpaired) electrons. The van der Waals surface area contributed by atoms with E-state index < -0.39 is 0 Å². The van der Waals surface area contributed by atoms with Crippen LogP contribution in [0.3, 0.4) is 0 Å². The number of nitrogens with one attached hydrogen (secondary N) is 2. The van der Waals surface area contributed by atoms with Crippen LogP contribution in [0.15, 0.2) is 0 Å². The Hall–Kier alpha value is -0.120. The van der Waals surface area contributed by atoms with Crippen LogP contribution in [0.5, 0.6) is 0 Å². The quantitative estimate of drug-likeness (QED) is 0.729. The van der Waals surface area contributed by atoms with Crippen molar-refractivity contribution in [2.24, 2.45) is 11.8 Å². The molecular weight excluding hydrogens is 188 g/mol.